The molecule has 0 radical (unpaired) electrons. The molecule has 0 unspecified atom stereocenters. The molecule has 2 rings (SSSR count). The molecule has 1 heterocycles. The van der Waals surface area contributed by atoms with Gasteiger partial charge in [-0.15, -0.1) is 0 Å². The molecule has 0 spiro atoms. The first-order valence-electron chi connectivity index (χ1n) is 6.66. The van der Waals surface area contributed by atoms with Crippen LogP contribution < -0.4 is 5.32 Å². The number of rotatable bonds is 3. The normalized spacial score (nSPS) is 17.2. The second kappa shape index (κ2) is 5.97. The van der Waals surface area contributed by atoms with Crippen molar-refractivity contribution >= 4 is 17.4 Å². The van der Waals surface area contributed by atoms with Gasteiger partial charge in [0, 0.05) is 24.1 Å². The molecular weight excluding hydrogens is 240 g/mol. The molecule has 0 atom stereocenters. The number of amides is 1. The molecule has 0 bridgehead atoms. The molecule has 0 aromatic heterocycles. The van der Waals surface area contributed by atoms with Crippen LogP contribution in [0.3, 0.4) is 0 Å². The van der Waals surface area contributed by atoms with Crippen LogP contribution in [0.25, 0.3) is 0 Å². The van der Waals surface area contributed by atoms with Crippen molar-refractivity contribution in [3.05, 3.63) is 29.8 Å². The van der Waals surface area contributed by atoms with Crippen LogP contribution in [-0.2, 0) is 4.79 Å². The van der Waals surface area contributed by atoms with Gasteiger partial charge in [0.25, 0.3) is 0 Å². The number of carbonyl (C=O) groups is 2. The highest BCUT2D eigenvalue weighted by Gasteiger charge is 2.24. The van der Waals surface area contributed by atoms with E-state index in [0.29, 0.717) is 11.3 Å². The van der Waals surface area contributed by atoms with Gasteiger partial charge in [-0.1, -0.05) is 12.1 Å². The maximum Gasteiger partial charge on any atom is 0.221 e. The van der Waals surface area contributed by atoms with Crippen molar-refractivity contribution in [2.24, 2.45) is 5.92 Å². The number of hydrogen-bond donors (Lipinski definition) is 1. The Labute approximate surface area is 113 Å². The van der Waals surface area contributed by atoms with Crippen LogP contribution >= 0.6 is 0 Å². The summed E-state index contributed by atoms with van der Waals surface area (Å²) in [5, 5.41) is 2.71. The van der Waals surface area contributed by atoms with Gasteiger partial charge < -0.3 is 10.2 Å². The average molecular weight is 260 g/mol. The summed E-state index contributed by atoms with van der Waals surface area (Å²) in [6, 6.07) is 7.20. The van der Waals surface area contributed by atoms with Crippen LogP contribution in [0.4, 0.5) is 5.69 Å². The first kappa shape index (κ1) is 13.7. The third-order valence-corrected chi connectivity index (χ3v) is 3.56. The molecule has 1 aliphatic heterocycles. The summed E-state index contributed by atoms with van der Waals surface area (Å²) in [6.07, 6.45) is 1.83. The van der Waals surface area contributed by atoms with Crippen molar-refractivity contribution in [2.45, 2.75) is 19.8 Å². The minimum Gasteiger partial charge on any atom is -0.326 e. The van der Waals surface area contributed by atoms with E-state index in [2.05, 4.69) is 17.3 Å². The molecule has 4 heteroatoms. The van der Waals surface area contributed by atoms with Crippen LogP contribution in [0, 0.1) is 5.92 Å². The summed E-state index contributed by atoms with van der Waals surface area (Å²) in [5.41, 5.74) is 1.38. The standard InChI is InChI=1S/C15H20N2O2/c1-11(18)16-14-5-3-4-13(10-14)15(19)12-6-8-17(2)9-7-12/h3-5,10,12H,6-9H2,1-2H3,(H,16,18). The molecule has 1 aromatic carbocycles. The van der Waals surface area contributed by atoms with Gasteiger partial charge in [-0.3, -0.25) is 9.59 Å². The van der Waals surface area contributed by atoms with Crippen molar-refractivity contribution in [2.75, 3.05) is 25.5 Å². The molecule has 0 aliphatic carbocycles. The first-order valence-corrected chi connectivity index (χ1v) is 6.66. The molecule has 1 saturated heterocycles. The third-order valence-electron chi connectivity index (χ3n) is 3.56. The molecule has 1 fully saturated rings. The van der Waals surface area contributed by atoms with E-state index in [1.54, 1.807) is 12.1 Å². The number of benzene rings is 1. The van der Waals surface area contributed by atoms with Crippen LogP contribution in [-0.4, -0.2) is 36.7 Å². The quantitative estimate of drug-likeness (QED) is 0.847. The van der Waals surface area contributed by atoms with E-state index < -0.39 is 0 Å². The summed E-state index contributed by atoms with van der Waals surface area (Å²) < 4.78 is 0. The first-order chi connectivity index (χ1) is 9.06. The maximum absolute atomic E-state index is 12.4. The molecule has 1 N–H and O–H groups in total. The molecule has 0 saturated carbocycles. The number of carbonyl (C=O) groups excluding carboxylic acids is 2. The fourth-order valence-electron chi connectivity index (χ4n) is 2.46. The Morgan fingerprint density at radius 1 is 1.26 bits per heavy atom. The average Bonchev–Trinajstić information content (AvgIpc) is 2.38. The Kier molecular flexibility index (Phi) is 4.32. The van der Waals surface area contributed by atoms with Crippen molar-refractivity contribution in [1.29, 1.82) is 0 Å². The molecule has 1 amide bonds. The molecule has 4 nitrogen and oxygen atoms in total. The summed E-state index contributed by atoms with van der Waals surface area (Å²) in [6.45, 7) is 3.41. The van der Waals surface area contributed by atoms with Crippen molar-refractivity contribution in [1.82, 2.24) is 4.90 Å². The lowest BCUT2D eigenvalue weighted by Gasteiger charge is -2.28. The fraction of sp³-hybridized carbons (Fsp3) is 0.467. The molecule has 102 valence electrons. The second-order valence-electron chi connectivity index (χ2n) is 5.20. The van der Waals surface area contributed by atoms with Crippen LogP contribution in [0.5, 0.6) is 0 Å². The number of likely N-dealkylation sites (tertiary alicyclic amines) is 1. The number of nitrogens with zero attached hydrogens (tertiary/aromatic N) is 1. The third kappa shape index (κ3) is 3.64. The monoisotopic (exact) mass is 260 g/mol. The fourth-order valence-corrected chi connectivity index (χ4v) is 2.46. The van der Waals surface area contributed by atoms with E-state index in [9.17, 15) is 9.59 Å². The van der Waals surface area contributed by atoms with E-state index >= 15 is 0 Å². The van der Waals surface area contributed by atoms with Crippen molar-refractivity contribution in [3.63, 3.8) is 0 Å². The van der Waals surface area contributed by atoms with Gasteiger partial charge in [-0.05, 0) is 45.1 Å². The van der Waals surface area contributed by atoms with Crippen molar-refractivity contribution in [3.8, 4) is 0 Å². The summed E-state index contributed by atoms with van der Waals surface area (Å²) in [5.74, 6) is 0.188. The minimum absolute atomic E-state index is 0.115. The van der Waals surface area contributed by atoms with E-state index in [-0.39, 0.29) is 17.6 Å². The Hall–Kier alpha value is -1.68. The number of Topliss-reactive ketones (excluding diaryl/α,β-unsaturated/α-hetero) is 1. The zero-order chi connectivity index (χ0) is 13.8. The number of anilines is 1. The molecule has 1 aromatic rings. The summed E-state index contributed by atoms with van der Waals surface area (Å²) in [7, 11) is 2.08. The number of piperidine rings is 1. The number of ketones is 1. The van der Waals surface area contributed by atoms with E-state index in [1.807, 2.05) is 12.1 Å². The van der Waals surface area contributed by atoms with Crippen LogP contribution in [0.2, 0.25) is 0 Å². The van der Waals surface area contributed by atoms with E-state index in [0.717, 1.165) is 25.9 Å². The lowest BCUT2D eigenvalue weighted by Crippen LogP contribution is -2.33. The predicted molar refractivity (Wildman–Crippen MR) is 75.3 cm³/mol. The molecule has 19 heavy (non-hydrogen) atoms. The lowest BCUT2D eigenvalue weighted by molar-refractivity contribution is -0.114. The zero-order valence-corrected chi connectivity index (χ0v) is 11.5. The Balaban J connectivity index is 2.08. The van der Waals surface area contributed by atoms with Crippen LogP contribution in [0.1, 0.15) is 30.1 Å². The van der Waals surface area contributed by atoms with Gasteiger partial charge in [0.15, 0.2) is 5.78 Å². The van der Waals surface area contributed by atoms with Crippen molar-refractivity contribution < 1.29 is 9.59 Å². The van der Waals surface area contributed by atoms with E-state index in [4.69, 9.17) is 0 Å². The van der Waals surface area contributed by atoms with Gasteiger partial charge in [-0.2, -0.15) is 0 Å². The summed E-state index contributed by atoms with van der Waals surface area (Å²) in [4.78, 5) is 25.7. The Bertz CT molecular complexity index is 477. The molecular formula is C15H20N2O2. The highest BCUT2D eigenvalue weighted by atomic mass is 16.1. The summed E-state index contributed by atoms with van der Waals surface area (Å²) >= 11 is 0. The van der Waals surface area contributed by atoms with Gasteiger partial charge in [0.1, 0.15) is 0 Å². The highest BCUT2D eigenvalue weighted by Crippen LogP contribution is 2.22. The minimum atomic E-state index is -0.121. The van der Waals surface area contributed by atoms with Gasteiger partial charge >= 0.3 is 0 Å². The van der Waals surface area contributed by atoms with Crippen LogP contribution in [0.15, 0.2) is 24.3 Å². The largest absolute Gasteiger partial charge is 0.326 e. The Morgan fingerprint density at radius 2 is 1.95 bits per heavy atom. The van der Waals surface area contributed by atoms with E-state index in [1.165, 1.54) is 6.92 Å². The topological polar surface area (TPSA) is 49.4 Å². The zero-order valence-electron chi connectivity index (χ0n) is 11.5. The number of hydrogen-bond acceptors (Lipinski definition) is 3. The lowest BCUT2D eigenvalue weighted by atomic mass is 9.89. The predicted octanol–water partition coefficient (Wildman–Crippen LogP) is 2.17. The number of nitrogens with one attached hydrogen (secondary N) is 1. The maximum atomic E-state index is 12.4. The van der Waals surface area contributed by atoms with Gasteiger partial charge in [-0.25, -0.2) is 0 Å². The SMILES string of the molecule is CC(=O)Nc1cccc(C(=O)C2CCN(C)CC2)c1. The smallest absolute Gasteiger partial charge is 0.221 e. The highest BCUT2D eigenvalue weighted by molar-refractivity contribution is 5.99. The van der Waals surface area contributed by atoms with Gasteiger partial charge in [0.2, 0.25) is 5.91 Å². The molecule has 1 aliphatic rings. The van der Waals surface area contributed by atoms with Gasteiger partial charge in [0.05, 0.1) is 0 Å². The Morgan fingerprint density at radius 3 is 2.58 bits per heavy atom. The second-order valence-corrected chi connectivity index (χ2v) is 5.20.